The summed E-state index contributed by atoms with van der Waals surface area (Å²) >= 11 is 1.71. The second-order valence-corrected chi connectivity index (χ2v) is 8.41. The minimum atomic E-state index is 0.0562. The smallest absolute Gasteiger partial charge is 0.275 e. The topological polar surface area (TPSA) is 50.6 Å². The Labute approximate surface area is 164 Å². The van der Waals surface area contributed by atoms with Gasteiger partial charge in [-0.3, -0.25) is 9.48 Å². The van der Waals surface area contributed by atoms with Crippen LogP contribution in [0.5, 0.6) is 0 Å². The Morgan fingerprint density at radius 1 is 1.41 bits per heavy atom. The van der Waals surface area contributed by atoms with Crippen molar-refractivity contribution >= 4 is 17.2 Å². The number of hydrogen-bond donors (Lipinski definition) is 0. The average Bonchev–Trinajstić information content (AvgIpc) is 3.34. The molecule has 0 spiro atoms. The molecule has 1 amide bonds. The van der Waals surface area contributed by atoms with Gasteiger partial charge in [0.25, 0.3) is 5.91 Å². The first-order valence-electron chi connectivity index (χ1n) is 9.85. The normalized spacial score (nSPS) is 18.4. The molecule has 0 saturated carbocycles. The van der Waals surface area contributed by atoms with E-state index in [1.807, 2.05) is 11.7 Å². The highest BCUT2D eigenvalue weighted by Gasteiger charge is 2.33. The molecule has 0 aromatic carbocycles. The number of hydrogen-bond acceptors (Lipinski definition) is 5. The number of nitrogens with zero attached hydrogens (tertiary/aromatic N) is 4. The third-order valence-corrected chi connectivity index (χ3v) is 6.68. The van der Waals surface area contributed by atoms with Gasteiger partial charge in [-0.1, -0.05) is 13.0 Å². The van der Waals surface area contributed by atoms with E-state index in [0.29, 0.717) is 25.5 Å². The van der Waals surface area contributed by atoms with Crippen LogP contribution in [0.15, 0.2) is 17.5 Å². The van der Waals surface area contributed by atoms with Gasteiger partial charge in [-0.2, -0.15) is 5.10 Å². The summed E-state index contributed by atoms with van der Waals surface area (Å²) in [5.74, 6) is 0.0562. The number of fused-ring (bicyclic) bond motifs is 1. The van der Waals surface area contributed by atoms with Gasteiger partial charge in [-0.05, 0) is 30.8 Å². The Bertz CT molecular complexity index is 778. The SMILES string of the molecule is CCN1CCC(N(Cc2cccs2)C(=O)c2nn(C)c3c2COCC3)CC1. The molecule has 0 N–H and O–H groups in total. The third-order valence-electron chi connectivity index (χ3n) is 5.82. The fraction of sp³-hybridized carbons (Fsp3) is 0.600. The van der Waals surface area contributed by atoms with E-state index in [1.54, 1.807) is 11.3 Å². The lowest BCUT2D eigenvalue weighted by Gasteiger charge is -2.38. The molecule has 2 aromatic heterocycles. The van der Waals surface area contributed by atoms with E-state index in [1.165, 1.54) is 4.88 Å². The number of aryl methyl sites for hydroxylation is 1. The summed E-state index contributed by atoms with van der Waals surface area (Å²) in [5, 5.41) is 6.68. The maximum atomic E-state index is 13.6. The number of aromatic nitrogens is 2. The highest BCUT2D eigenvalue weighted by molar-refractivity contribution is 7.09. The van der Waals surface area contributed by atoms with Crippen molar-refractivity contribution < 1.29 is 9.53 Å². The van der Waals surface area contributed by atoms with Crippen LogP contribution in [0.2, 0.25) is 0 Å². The summed E-state index contributed by atoms with van der Waals surface area (Å²) in [7, 11) is 1.93. The first-order chi connectivity index (χ1) is 13.2. The highest BCUT2D eigenvalue weighted by Crippen LogP contribution is 2.26. The van der Waals surface area contributed by atoms with Gasteiger partial charge in [0.2, 0.25) is 0 Å². The van der Waals surface area contributed by atoms with Crippen molar-refractivity contribution in [2.24, 2.45) is 7.05 Å². The zero-order valence-electron chi connectivity index (χ0n) is 16.2. The van der Waals surface area contributed by atoms with E-state index in [2.05, 4.69) is 39.3 Å². The molecule has 4 heterocycles. The van der Waals surface area contributed by atoms with E-state index >= 15 is 0 Å². The molecule has 1 fully saturated rings. The molecule has 0 bridgehead atoms. The van der Waals surface area contributed by atoms with E-state index < -0.39 is 0 Å². The lowest BCUT2D eigenvalue weighted by molar-refractivity contribution is 0.0542. The third kappa shape index (κ3) is 3.81. The number of rotatable bonds is 5. The molecule has 2 aliphatic heterocycles. The van der Waals surface area contributed by atoms with Gasteiger partial charge in [-0.15, -0.1) is 11.3 Å². The minimum absolute atomic E-state index is 0.0562. The monoisotopic (exact) mass is 388 g/mol. The molecule has 0 atom stereocenters. The van der Waals surface area contributed by atoms with Crippen LogP contribution < -0.4 is 0 Å². The lowest BCUT2D eigenvalue weighted by atomic mass is 10.0. The predicted molar refractivity (Wildman–Crippen MR) is 106 cm³/mol. The second-order valence-electron chi connectivity index (χ2n) is 7.38. The van der Waals surface area contributed by atoms with E-state index in [0.717, 1.165) is 50.2 Å². The Hall–Kier alpha value is -1.70. The van der Waals surface area contributed by atoms with E-state index in [9.17, 15) is 4.79 Å². The zero-order chi connectivity index (χ0) is 18.8. The standard InChI is InChI=1S/C20H28N4O2S/c1-3-23-9-6-15(7-10-23)24(13-16-5-4-12-27-16)20(25)19-17-14-26-11-8-18(17)22(2)21-19/h4-5,12,15H,3,6-11,13-14H2,1-2H3. The van der Waals surface area contributed by atoms with Crippen LogP contribution in [0.25, 0.3) is 0 Å². The fourth-order valence-electron chi connectivity index (χ4n) is 4.20. The largest absolute Gasteiger partial charge is 0.376 e. The molecule has 0 aliphatic carbocycles. The summed E-state index contributed by atoms with van der Waals surface area (Å²) < 4.78 is 7.50. The van der Waals surface area contributed by atoms with E-state index in [-0.39, 0.29) is 11.9 Å². The number of carbonyl (C=O) groups is 1. The number of amides is 1. The number of thiophene rings is 1. The summed E-state index contributed by atoms with van der Waals surface area (Å²) in [6, 6.07) is 4.44. The number of ether oxygens (including phenoxy) is 1. The summed E-state index contributed by atoms with van der Waals surface area (Å²) in [6.07, 6.45) is 2.87. The molecule has 6 nitrogen and oxygen atoms in total. The molecule has 27 heavy (non-hydrogen) atoms. The Morgan fingerprint density at radius 2 is 2.22 bits per heavy atom. The van der Waals surface area contributed by atoms with Crippen LogP contribution >= 0.6 is 11.3 Å². The molecule has 0 unspecified atom stereocenters. The van der Waals surface area contributed by atoms with Crippen molar-refractivity contribution in [1.82, 2.24) is 19.6 Å². The average molecular weight is 389 g/mol. The van der Waals surface area contributed by atoms with Crippen molar-refractivity contribution in [2.45, 2.75) is 45.4 Å². The minimum Gasteiger partial charge on any atom is -0.376 e. The molecule has 2 aromatic rings. The first-order valence-corrected chi connectivity index (χ1v) is 10.7. The Balaban J connectivity index is 1.61. The first kappa shape index (κ1) is 18.7. The van der Waals surface area contributed by atoms with Crippen LogP contribution in [0.4, 0.5) is 0 Å². The van der Waals surface area contributed by atoms with Gasteiger partial charge in [0, 0.05) is 48.7 Å². The Kier molecular flexibility index (Phi) is 5.61. The fourth-order valence-corrected chi connectivity index (χ4v) is 4.91. The molecule has 146 valence electrons. The van der Waals surface area contributed by atoms with Crippen molar-refractivity contribution in [3.8, 4) is 0 Å². The van der Waals surface area contributed by atoms with Crippen LogP contribution in [-0.4, -0.2) is 57.8 Å². The van der Waals surface area contributed by atoms with Gasteiger partial charge in [0.05, 0.1) is 19.8 Å². The molecule has 2 aliphatic rings. The van der Waals surface area contributed by atoms with E-state index in [4.69, 9.17) is 4.74 Å². The van der Waals surface area contributed by atoms with Crippen molar-refractivity contribution in [1.29, 1.82) is 0 Å². The molecule has 0 radical (unpaired) electrons. The number of likely N-dealkylation sites (tertiary alicyclic amines) is 1. The van der Waals surface area contributed by atoms with Crippen molar-refractivity contribution in [3.63, 3.8) is 0 Å². The van der Waals surface area contributed by atoms with Crippen LogP contribution in [0, 0.1) is 0 Å². The molecule has 4 rings (SSSR count). The summed E-state index contributed by atoms with van der Waals surface area (Å²) in [5.41, 5.74) is 2.71. The van der Waals surface area contributed by atoms with Gasteiger partial charge in [0.1, 0.15) is 0 Å². The number of piperidine rings is 1. The van der Waals surface area contributed by atoms with Crippen molar-refractivity contribution in [2.75, 3.05) is 26.2 Å². The maximum Gasteiger partial charge on any atom is 0.275 e. The van der Waals surface area contributed by atoms with Crippen LogP contribution in [-0.2, 0) is 31.4 Å². The van der Waals surface area contributed by atoms with Gasteiger partial charge >= 0.3 is 0 Å². The van der Waals surface area contributed by atoms with Crippen LogP contribution in [0.3, 0.4) is 0 Å². The molecule has 1 saturated heterocycles. The van der Waals surface area contributed by atoms with Crippen LogP contribution in [0.1, 0.15) is 46.4 Å². The summed E-state index contributed by atoms with van der Waals surface area (Å²) in [6.45, 7) is 7.25. The predicted octanol–water partition coefficient (Wildman–Crippen LogP) is 2.68. The van der Waals surface area contributed by atoms with Gasteiger partial charge in [0.15, 0.2) is 5.69 Å². The van der Waals surface area contributed by atoms with Crippen molar-refractivity contribution in [3.05, 3.63) is 39.3 Å². The highest BCUT2D eigenvalue weighted by atomic mass is 32.1. The Morgan fingerprint density at radius 3 is 2.93 bits per heavy atom. The molecular formula is C20H28N4O2S. The molecular weight excluding hydrogens is 360 g/mol. The van der Waals surface area contributed by atoms with Gasteiger partial charge in [-0.25, -0.2) is 0 Å². The lowest BCUT2D eigenvalue weighted by Crippen LogP contribution is -2.47. The maximum absolute atomic E-state index is 13.6. The second kappa shape index (κ2) is 8.12. The quantitative estimate of drug-likeness (QED) is 0.790. The zero-order valence-corrected chi connectivity index (χ0v) is 17.0. The number of carbonyl (C=O) groups excluding carboxylic acids is 1. The summed E-state index contributed by atoms with van der Waals surface area (Å²) in [4.78, 5) is 19.3. The van der Waals surface area contributed by atoms with Gasteiger partial charge < -0.3 is 14.5 Å². The molecule has 7 heteroatoms.